The number of nitrogens with zero attached hydrogens (tertiary/aromatic N) is 2. The van der Waals surface area contributed by atoms with E-state index >= 15 is 0 Å². The van der Waals surface area contributed by atoms with Gasteiger partial charge in [-0.15, -0.1) is 0 Å². The molecule has 0 fully saturated rings. The standard InChI is InChI=1S/C37H36ClN3O5/c1-37(2,3)46-36(44)39-22-25-9-8-12-28(19-25)34-30-20-29(38)17-18-32(30)41(35(43)31(40-34)21-33(42)45-4)23-24-13-15-27(16-14-24)26-10-6-5-7-11-26/h5-20,31H,21-23H2,1-4H3,(H,39,44). The van der Waals surface area contributed by atoms with Gasteiger partial charge in [0.05, 0.1) is 31.5 Å². The Kier molecular flexibility index (Phi) is 9.87. The highest BCUT2D eigenvalue weighted by Gasteiger charge is 2.34. The fraction of sp³-hybridized carbons (Fsp3) is 0.243. The van der Waals surface area contributed by atoms with Gasteiger partial charge in [0.15, 0.2) is 0 Å². The van der Waals surface area contributed by atoms with Crippen LogP contribution in [0.15, 0.2) is 102 Å². The van der Waals surface area contributed by atoms with E-state index in [1.165, 1.54) is 7.11 Å². The molecule has 0 aliphatic carbocycles. The summed E-state index contributed by atoms with van der Waals surface area (Å²) in [4.78, 5) is 45.5. The zero-order valence-electron chi connectivity index (χ0n) is 26.2. The second-order valence-corrected chi connectivity index (χ2v) is 12.4. The van der Waals surface area contributed by atoms with Gasteiger partial charge in [0.2, 0.25) is 0 Å². The molecule has 1 aliphatic rings. The number of hydrogen-bond acceptors (Lipinski definition) is 6. The number of amides is 2. The Morgan fingerprint density at radius 3 is 2.26 bits per heavy atom. The predicted molar refractivity (Wildman–Crippen MR) is 180 cm³/mol. The Morgan fingerprint density at radius 1 is 0.870 bits per heavy atom. The number of esters is 1. The van der Waals surface area contributed by atoms with Gasteiger partial charge in [-0.2, -0.15) is 0 Å². The maximum atomic E-state index is 14.2. The number of anilines is 1. The van der Waals surface area contributed by atoms with Crippen LogP contribution in [0.25, 0.3) is 11.1 Å². The molecule has 9 heteroatoms. The number of benzodiazepines with no additional fused rings is 1. The van der Waals surface area contributed by atoms with E-state index in [2.05, 4.69) is 5.32 Å². The first-order valence-corrected chi connectivity index (χ1v) is 15.3. The average Bonchev–Trinajstić information content (AvgIpc) is 3.14. The van der Waals surface area contributed by atoms with Crippen LogP contribution in [-0.4, -0.2) is 42.4 Å². The van der Waals surface area contributed by atoms with Gasteiger partial charge < -0.3 is 19.7 Å². The lowest BCUT2D eigenvalue weighted by Gasteiger charge is -2.25. The van der Waals surface area contributed by atoms with Crippen LogP contribution in [0.3, 0.4) is 0 Å². The smallest absolute Gasteiger partial charge is 0.407 e. The number of aliphatic imine (C=N–C) groups is 1. The van der Waals surface area contributed by atoms with Gasteiger partial charge in [-0.3, -0.25) is 14.6 Å². The molecule has 0 spiro atoms. The number of hydrogen-bond donors (Lipinski definition) is 1. The molecule has 236 valence electrons. The third-order valence-corrected chi connectivity index (χ3v) is 7.60. The van der Waals surface area contributed by atoms with E-state index in [1.807, 2.05) is 78.9 Å². The van der Waals surface area contributed by atoms with E-state index in [0.717, 1.165) is 22.3 Å². The van der Waals surface area contributed by atoms with Gasteiger partial charge in [-0.05, 0) is 67.3 Å². The van der Waals surface area contributed by atoms with Crippen molar-refractivity contribution in [1.82, 2.24) is 5.32 Å². The molecule has 0 saturated heterocycles. The quantitative estimate of drug-likeness (QED) is 0.204. The first-order chi connectivity index (χ1) is 22.0. The summed E-state index contributed by atoms with van der Waals surface area (Å²) in [5.41, 5.74) is 5.70. The van der Waals surface area contributed by atoms with Crippen LogP contribution in [0.1, 0.15) is 49.4 Å². The first kappa shape index (κ1) is 32.4. The topological polar surface area (TPSA) is 97.3 Å². The first-order valence-electron chi connectivity index (χ1n) is 15.0. The molecule has 1 N–H and O–H groups in total. The Bertz CT molecular complexity index is 1760. The third kappa shape index (κ3) is 8.00. The van der Waals surface area contributed by atoms with Gasteiger partial charge in [-0.25, -0.2) is 4.79 Å². The summed E-state index contributed by atoms with van der Waals surface area (Å²) in [6, 6.07) is 29.9. The molecule has 5 rings (SSSR count). The van der Waals surface area contributed by atoms with E-state index in [1.54, 1.807) is 43.9 Å². The lowest BCUT2D eigenvalue weighted by atomic mass is 9.98. The summed E-state index contributed by atoms with van der Waals surface area (Å²) >= 11 is 6.52. The van der Waals surface area contributed by atoms with Crippen molar-refractivity contribution < 1.29 is 23.9 Å². The molecule has 1 aliphatic heterocycles. The van der Waals surface area contributed by atoms with E-state index in [-0.39, 0.29) is 25.4 Å². The average molecular weight is 638 g/mol. The van der Waals surface area contributed by atoms with Crippen molar-refractivity contribution in [2.45, 2.75) is 51.9 Å². The van der Waals surface area contributed by atoms with Crippen LogP contribution in [0.5, 0.6) is 0 Å². The number of methoxy groups -OCH3 is 1. The largest absolute Gasteiger partial charge is 0.469 e. The maximum absolute atomic E-state index is 14.2. The van der Waals surface area contributed by atoms with Crippen molar-refractivity contribution in [3.8, 4) is 11.1 Å². The van der Waals surface area contributed by atoms with Crippen LogP contribution in [0.2, 0.25) is 5.02 Å². The molecule has 0 aromatic heterocycles. The van der Waals surface area contributed by atoms with E-state index in [0.29, 0.717) is 27.5 Å². The highest BCUT2D eigenvalue weighted by molar-refractivity contribution is 6.32. The summed E-state index contributed by atoms with van der Waals surface area (Å²) in [6.45, 7) is 5.87. The van der Waals surface area contributed by atoms with Crippen molar-refractivity contribution in [3.05, 3.63) is 124 Å². The molecular formula is C37H36ClN3O5. The van der Waals surface area contributed by atoms with E-state index in [4.69, 9.17) is 26.1 Å². The normalized spacial score (nSPS) is 14.5. The van der Waals surface area contributed by atoms with Gasteiger partial charge >= 0.3 is 12.1 Å². The number of rotatable bonds is 8. The highest BCUT2D eigenvalue weighted by Crippen LogP contribution is 2.33. The molecule has 4 aromatic rings. The number of fused-ring (bicyclic) bond motifs is 1. The van der Waals surface area contributed by atoms with Crippen LogP contribution >= 0.6 is 11.6 Å². The zero-order valence-corrected chi connectivity index (χ0v) is 27.0. The van der Waals surface area contributed by atoms with Crippen LogP contribution in [0.4, 0.5) is 10.5 Å². The molecule has 0 saturated carbocycles. The summed E-state index contributed by atoms with van der Waals surface area (Å²) in [5, 5.41) is 3.25. The van der Waals surface area contributed by atoms with Crippen molar-refractivity contribution in [3.63, 3.8) is 0 Å². The number of ether oxygens (including phenoxy) is 2. The molecule has 46 heavy (non-hydrogen) atoms. The number of halogens is 1. The lowest BCUT2D eigenvalue weighted by Crippen LogP contribution is -2.38. The van der Waals surface area contributed by atoms with Gasteiger partial charge in [0, 0.05) is 22.7 Å². The minimum Gasteiger partial charge on any atom is -0.469 e. The molecule has 1 heterocycles. The lowest BCUT2D eigenvalue weighted by molar-refractivity contribution is -0.142. The number of carbonyl (C=O) groups excluding carboxylic acids is 3. The SMILES string of the molecule is COC(=O)CC1N=C(c2cccc(CNC(=O)OC(C)(C)C)c2)c2cc(Cl)ccc2N(Cc2ccc(-c3ccccc3)cc2)C1=O. The number of alkyl carbamates (subject to hydrolysis) is 1. The molecule has 2 amide bonds. The second kappa shape index (κ2) is 14.0. The molecule has 8 nitrogen and oxygen atoms in total. The minimum absolute atomic E-state index is 0.216. The number of nitrogens with one attached hydrogen (secondary N) is 1. The van der Waals surface area contributed by atoms with Gasteiger partial charge in [0.25, 0.3) is 5.91 Å². The van der Waals surface area contributed by atoms with Gasteiger partial charge in [-0.1, -0.05) is 84.4 Å². The number of carbonyl (C=O) groups is 3. The predicted octanol–water partition coefficient (Wildman–Crippen LogP) is 7.35. The van der Waals surface area contributed by atoms with E-state index in [9.17, 15) is 14.4 Å². The van der Waals surface area contributed by atoms with Crippen molar-refractivity contribution in [1.29, 1.82) is 0 Å². The van der Waals surface area contributed by atoms with E-state index < -0.39 is 23.7 Å². The van der Waals surface area contributed by atoms with Crippen LogP contribution in [0, 0.1) is 0 Å². The monoisotopic (exact) mass is 637 g/mol. The fourth-order valence-corrected chi connectivity index (χ4v) is 5.38. The second-order valence-electron chi connectivity index (χ2n) is 12.0. The summed E-state index contributed by atoms with van der Waals surface area (Å²) in [7, 11) is 1.29. The van der Waals surface area contributed by atoms with Crippen molar-refractivity contribution in [2.24, 2.45) is 4.99 Å². The fourth-order valence-electron chi connectivity index (χ4n) is 5.21. The molecular weight excluding hydrogens is 602 g/mol. The van der Waals surface area contributed by atoms with Crippen LogP contribution in [-0.2, 0) is 32.2 Å². The third-order valence-electron chi connectivity index (χ3n) is 7.37. The Hall–Kier alpha value is -4.95. The van der Waals surface area contributed by atoms with Crippen molar-refractivity contribution in [2.75, 3.05) is 12.0 Å². The molecule has 0 bridgehead atoms. The maximum Gasteiger partial charge on any atom is 0.407 e. The van der Waals surface area contributed by atoms with Crippen molar-refractivity contribution >= 4 is 41.0 Å². The summed E-state index contributed by atoms with van der Waals surface area (Å²) in [6.07, 6.45) is -0.762. The molecule has 4 aromatic carbocycles. The number of benzene rings is 4. The molecule has 1 unspecified atom stereocenters. The molecule has 1 atom stereocenters. The van der Waals surface area contributed by atoms with Crippen LogP contribution < -0.4 is 10.2 Å². The Balaban J connectivity index is 1.52. The summed E-state index contributed by atoms with van der Waals surface area (Å²) < 4.78 is 10.3. The Morgan fingerprint density at radius 2 is 1.57 bits per heavy atom. The highest BCUT2D eigenvalue weighted by atomic mass is 35.5. The summed E-state index contributed by atoms with van der Waals surface area (Å²) in [5.74, 6) is -0.883. The van der Waals surface area contributed by atoms with Gasteiger partial charge in [0.1, 0.15) is 11.6 Å². The Labute approximate surface area is 274 Å². The zero-order chi connectivity index (χ0) is 32.8. The molecule has 0 radical (unpaired) electrons. The minimum atomic E-state index is -1.04.